The molecule has 0 unspecified atom stereocenters. The van der Waals surface area contributed by atoms with E-state index in [1.165, 1.54) is 12.4 Å². The van der Waals surface area contributed by atoms with Crippen LogP contribution in [0.4, 0.5) is 13.2 Å². The van der Waals surface area contributed by atoms with E-state index >= 15 is 0 Å². The fourth-order valence-corrected chi connectivity index (χ4v) is 6.13. The fraction of sp³-hybridized carbons (Fsp3) is 0.517. The summed E-state index contributed by atoms with van der Waals surface area (Å²) in [4.78, 5) is 21.4. The summed E-state index contributed by atoms with van der Waals surface area (Å²) in [5, 5.41) is 27.1. The number of fused-ring (bicyclic) bond motifs is 1. The zero-order valence-electron chi connectivity index (χ0n) is 24.0. The third-order valence-corrected chi connectivity index (χ3v) is 8.37. The van der Waals surface area contributed by atoms with Crippen molar-refractivity contribution in [2.75, 3.05) is 26.2 Å². The van der Waals surface area contributed by atoms with Gasteiger partial charge in [0.15, 0.2) is 0 Å². The van der Waals surface area contributed by atoms with Gasteiger partial charge in [0.2, 0.25) is 11.7 Å². The number of ether oxygens (including phenoxy) is 1. The molecule has 15 heteroatoms. The molecule has 0 amide bonds. The second-order valence-electron chi connectivity index (χ2n) is 11.4. The maximum Gasteiger partial charge on any atom is 0.451 e. The number of alkyl halides is 3. The van der Waals surface area contributed by atoms with Gasteiger partial charge in [-0.2, -0.15) is 28.5 Å². The second-order valence-corrected chi connectivity index (χ2v) is 11.4. The third-order valence-electron chi connectivity index (χ3n) is 8.37. The molecule has 0 bridgehead atoms. The van der Waals surface area contributed by atoms with Crippen LogP contribution in [0.2, 0.25) is 0 Å². The summed E-state index contributed by atoms with van der Waals surface area (Å²) in [6.45, 7) is 1.91. The van der Waals surface area contributed by atoms with Crippen molar-refractivity contribution < 1.29 is 23.0 Å². The Hall–Kier alpha value is -4.13. The lowest BCUT2D eigenvalue weighted by atomic mass is 9.82. The number of hydrogen-bond donors (Lipinski definition) is 3. The lowest BCUT2D eigenvalue weighted by Gasteiger charge is -2.53. The number of nitrogens with one attached hydrogen (secondary N) is 2. The maximum atomic E-state index is 13.5. The van der Waals surface area contributed by atoms with Crippen molar-refractivity contribution in [3.05, 3.63) is 48.6 Å². The molecule has 0 aromatic carbocycles. The zero-order valence-corrected chi connectivity index (χ0v) is 24.0. The molecule has 232 valence electrons. The summed E-state index contributed by atoms with van der Waals surface area (Å²) in [7, 11) is 0. The monoisotopic (exact) mass is 610 g/mol. The second kappa shape index (κ2) is 12.5. The first-order chi connectivity index (χ1) is 21.3. The molecule has 6 rings (SSSR count). The lowest BCUT2D eigenvalue weighted by molar-refractivity contribution is -0.145. The summed E-state index contributed by atoms with van der Waals surface area (Å²) < 4.78 is 48.2. The van der Waals surface area contributed by atoms with E-state index in [0.717, 1.165) is 35.1 Å². The van der Waals surface area contributed by atoms with E-state index in [-0.39, 0.29) is 36.9 Å². The summed E-state index contributed by atoms with van der Waals surface area (Å²) in [6.07, 6.45) is 5.89. The number of aliphatic hydroxyl groups is 1. The number of likely N-dealkylation sites (tertiary alicyclic amines) is 1. The summed E-state index contributed by atoms with van der Waals surface area (Å²) in [6, 6.07) is 5.98. The molecule has 2 fully saturated rings. The number of hydrogen-bond acceptors (Lipinski definition) is 10. The molecular weight excluding hydrogens is 577 g/mol. The number of nitriles is 1. The molecule has 44 heavy (non-hydrogen) atoms. The first kappa shape index (κ1) is 29.9. The Morgan fingerprint density at radius 3 is 2.75 bits per heavy atom. The largest absolute Gasteiger partial charge is 0.474 e. The highest BCUT2D eigenvalue weighted by Gasteiger charge is 2.48. The topological polar surface area (TPSA) is 154 Å². The molecule has 0 radical (unpaired) electrons. The van der Waals surface area contributed by atoms with Gasteiger partial charge in [0.05, 0.1) is 30.1 Å². The van der Waals surface area contributed by atoms with E-state index in [1.807, 2.05) is 23.1 Å². The Kier molecular flexibility index (Phi) is 8.48. The molecule has 1 aliphatic heterocycles. The Morgan fingerprint density at radius 2 is 2.00 bits per heavy atom. The van der Waals surface area contributed by atoms with Crippen LogP contribution in [-0.2, 0) is 18.3 Å². The summed E-state index contributed by atoms with van der Waals surface area (Å²) >= 11 is 0. The van der Waals surface area contributed by atoms with Gasteiger partial charge in [-0.3, -0.25) is 9.58 Å². The molecule has 1 aliphatic carbocycles. The van der Waals surface area contributed by atoms with Gasteiger partial charge < -0.3 is 20.1 Å². The van der Waals surface area contributed by atoms with Gasteiger partial charge in [-0.1, -0.05) is 0 Å². The van der Waals surface area contributed by atoms with E-state index in [4.69, 9.17) is 9.84 Å². The fourth-order valence-electron chi connectivity index (χ4n) is 6.13. The van der Waals surface area contributed by atoms with Crippen LogP contribution < -0.4 is 10.1 Å². The van der Waals surface area contributed by atoms with E-state index in [9.17, 15) is 18.4 Å². The van der Waals surface area contributed by atoms with Crippen molar-refractivity contribution in [2.45, 2.75) is 68.9 Å². The number of aromatic amines is 1. The van der Waals surface area contributed by atoms with Crippen LogP contribution in [-0.4, -0.2) is 83.1 Å². The molecule has 1 saturated carbocycles. The normalized spacial score (nSPS) is 20.3. The van der Waals surface area contributed by atoms with Crippen molar-refractivity contribution in [1.82, 2.24) is 44.9 Å². The highest BCUT2D eigenvalue weighted by molar-refractivity contribution is 5.90. The third kappa shape index (κ3) is 6.23. The van der Waals surface area contributed by atoms with Crippen molar-refractivity contribution >= 4 is 11.0 Å². The average Bonchev–Trinajstić information content (AvgIpc) is 3.68. The van der Waals surface area contributed by atoms with Crippen LogP contribution in [0.15, 0.2) is 37.1 Å². The molecule has 4 aromatic rings. The standard InChI is InChI=1S/C29H33F3N10O2/c30-29(31,32)27-39-20(14-34-9-1-11-43)12-24(40-27)44-22-4-2-21(3-5-22)41-16-28(17-41,7-8-33)42-15-19(13-38-42)25-23-6-10-35-26(23)37-18-36-25/h6,10,12-13,15,18,21-22,34,43H,1-5,7,9,11,14,16-17H2,(H,35,36,37)/t21-,22+. The lowest BCUT2D eigenvalue weighted by Crippen LogP contribution is -2.65. The van der Waals surface area contributed by atoms with Gasteiger partial charge in [0.1, 0.15) is 23.6 Å². The van der Waals surface area contributed by atoms with Crippen molar-refractivity contribution in [2.24, 2.45) is 0 Å². The highest BCUT2D eigenvalue weighted by Crippen LogP contribution is 2.39. The van der Waals surface area contributed by atoms with Crippen molar-refractivity contribution in [3.63, 3.8) is 0 Å². The minimum Gasteiger partial charge on any atom is -0.474 e. The van der Waals surface area contributed by atoms with E-state index in [1.54, 1.807) is 6.20 Å². The Bertz CT molecular complexity index is 1620. The van der Waals surface area contributed by atoms with Crippen LogP contribution in [0.5, 0.6) is 5.88 Å². The SMILES string of the molecule is N#CCC1(n2cc(-c3ncnc4[nH]ccc34)cn2)CN([C@H]2CC[C@@H](Oc3cc(CNCCCO)nc(C(F)(F)F)n3)CC2)C1. The number of halogens is 3. The van der Waals surface area contributed by atoms with Crippen molar-refractivity contribution in [3.8, 4) is 23.2 Å². The highest BCUT2D eigenvalue weighted by atomic mass is 19.4. The Balaban J connectivity index is 1.07. The van der Waals surface area contributed by atoms with Crippen LogP contribution >= 0.6 is 0 Å². The molecule has 3 N–H and O–H groups in total. The molecule has 2 aliphatic rings. The summed E-state index contributed by atoms with van der Waals surface area (Å²) in [5.74, 6) is -1.31. The smallest absolute Gasteiger partial charge is 0.451 e. The predicted octanol–water partition coefficient (Wildman–Crippen LogP) is 3.42. The molecular formula is C29H33F3N10O2. The molecule has 1 saturated heterocycles. The van der Waals surface area contributed by atoms with Gasteiger partial charge in [0.25, 0.3) is 0 Å². The minimum absolute atomic E-state index is 0.00978. The van der Waals surface area contributed by atoms with Crippen LogP contribution in [0.3, 0.4) is 0 Å². The number of aromatic nitrogens is 7. The Morgan fingerprint density at radius 1 is 1.18 bits per heavy atom. The van der Waals surface area contributed by atoms with E-state index in [0.29, 0.717) is 45.3 Å². The predicted molar refractivity (Wildman–Crippen MR) is 152 cm³/mol. The van der Waals surface area contributed by atoms with Gasteiger partial charge in [0, 0.05) is 61.7 Å². The average molecular weight is 611 g/mol. The number of aliphatic hydroxyl groups excluding tert-OH is 1. The van der Waals surface area contributed by atoms with Gasteiger partial charge in [-0.05, 0) is 44.7 Å². The van der Waals surface area contributed by atoms with Crippen LogP contribution in [0.25, 0.3) is 22.3 Å². The first-order valence-corrected chi connectivity index (χ1v) is 14.7. The number of rotatable bonds is 11. The summed E-state index contributed by atoms with van der Waals surface area (Å²) in [5.41, 5.74) is 2.12. The first-order valence-electron chi connectivity index (χ1n) is 14.7. The number of H-pyrrole nitrogens is 1. The molecule has 0 spiro atoms. The molecule has 4 aromatic heterocycles. The molecule has 12 nitrogen and oxygen atoms in total. The minimum atomic E-state index is -4.69. The Labute approximate surface area is 251 Å². The van der Waals surface area contributed by atoms with Crippen LogP contribution in [0.1, 0.15) is 50.0 Å². The molecule has 5 heterocycles. The quantitative estimate of drug-likeness (QED) is 0.215. The van der Waals surface area contributed by atoms with Gasteiger partial charge >= 0.3 is 6.18 Å². The zero-order chi connectivity index (χ0) is 30.7. The van der Waals surface area contributed by atoms with E-state index in [2.05, 4.69) is 46.3 Å². The van der Waals surface area contributed by atoms with Gasteiger partial charge in [-0.15, -0.1) is 0 Å². The van der Waals surface area contributed by atoms with E-state index < -0.39 is 17.5 Å². The molecule has 0 atom stereocenters. The van der Waals surface area contributed by atoms with Gasteiger partial charge in [-0.25, -0.2) is 15.0 Å². The van der Waals surface area contributed by atoms with Crippen LogP contribution in [0, 0.1) is 11.3 Å². The maximum absolute atomic E-state index is 13.5. The number of nitrogens with zero attached hydrogens (tertiary/aromatic N) is 8. The van der Waals surface area contributed by atoms with Crippen molar-refractivity contribution in [1.29, 1.82) is 5.26 Å².